The molecule has 21 heavy (non-hydrogen) atoms. The molecule has 0 spiro atoms. The molecular formula is C17H31ClN2O. The van der Waals surface area contributed by atoms with Crippen molar-refractivity contribution < 1.29 is 4.79 Å². The highest BCUT2D eigenvalue weighted by atomic mass is 35.5. The zero-order chi connectivity index (χ0) is 14.5. The van der Waals surface area contributed by atoms with E-state index < -0.39 is 0 Å². The van der Waals surface area contributed by atoms with Gasteiger partial charge in [0.1, 0.15) is 0 Å². The number of carbonyl (C=O) groups excluding carboxylic acids is 1. The van der Waals surface area contributed by atoms with Crippen molar-refractivity contribution in [3.63, 3.8) is 0 Å². The first kappa shape index (κ1) is 17.1. The average molecular weight is 315 g/mol. The van der Waals surface area contributed by atoms with Crippen LogP contribution in [0, 0.1) is 16.7 Å². The van der Waals surface area contributed by atoms with Gasteiger partial charge in [-0.3, -0.25) is 4.79 Å². The molecule has 2 unspecified atom stereocenters. The van der Waals surface area contributed by atoms with Gasteiger partial charge in [-0.2, -0.15) is 0 Å². The Bertz CT molecular complexity index is 412. The predicted octanol–water partition coefficient (Wildman–Crippen LogP) is 3.35. The first-order valence-electron chi connectivity index (χ1n) is 8.33. The predicted molar refractivity (Wildman–Crippen MR) is 88.4 cm³/mol. The van der Waals surface area contributed by atoms with E-state index in [2.05, 4.69) is 25.7 Å². The molecular weight excluding hydrogens is 284 g/mol. The fraction of sp³-hybridized carbons (Fsp3) is 0.941. The van der Waals surface area contributed by atoms with Crippen LogP contribution in [-0.2, 0) is 4.79 Å². The van der Waals surface area contributed by atoms with Gasteiger partial charge in [0.05, 0.1) is 0 Å². The number of carbonyl (C=O) groups is 1. The van der Waals surface area contributed by atoms with Crippen molar-refractivity contribution in [2.75, 3.05) is 6.54 Å². The number of likely N-dealkylation sites (tertiary alicyclic amines) is 1. The Labute approximate surface area is 135 Å². The molecule has 2 saturated carbocycles. The summed E-state index contributed by atoms with van der Waals surface area (Å²) in [5.74, 6) is 0.808. The number of fused-ring (bicyclic) bond motifs is 2. The molecule has 1 amide bonds. The van der Waals surface area contributed by atoms with Crippen molar-refractivity contribution in [3.8, 4) is 0 Å². The minimum atomic E-state index is 0. The third kappa shape index (κ3) is 3.39. The zero-order valence-electron chi connectivity index (χ0n) is 13.7. The average Bonchev–Trinajstić information content (AvgIpc) is 2.79. The molecule has 4 atom stereocenters. The van der Waals surface area contributed by atoms with Crippen molar-refractivity contribution in [2.45, 2.75) is 77.8 Å². The van der Waals surface area contributed by atoms with E-state index in [0.29, 0.717) is 35.1 Å². The van der Waals surface area contributed by atoms with E-state index in [4.69, 9.17) is 5.73 Å². The van der Waals surface area contributed by atoms with Gasteiger partial charge in [-0.05, 0) is 48.9 Å². The molecule has 3 nitrogen and oxygen atoms in total. The fourth-order valence-electron chi connectivity index (χ4n) is 5.41. The lowest BCUT2D eigenvalue weighted by atomic mass is 9.65. The van der Waals surface area contributed by atoms with Crippen LogP contribution in [0.5, 0.6) is 0 Å². The molecule has 1 aliphatic heterocycles. The van der Waals surface area contributed by atoms with Gasteiger partial charge in [-0.15, -0.1) is 12.4 Å². The molecule has 4 heteroatoms. The minimum absolute atomic E-state index is 0. The molecule has 3 aliphatic rings. The second-order valence-electron chi connectivity index (χ2n) is 8.79. The van der Waals surface area contributed by atoms with E-state index in [0.717, 1.165) is 19.4 Å². The van der Waals surface area contributed by atoms with Gasteiger partial charge < -0.3 is 10.6 Å². The molecule has 0 aromatic carbocycles. The van der Waals surface area contributed by atoms with E-state index in [9.17, 15) is 4.79 Å². The van der Waals surface area contributed by atoms with Crippen LogP contribution in [0.2, 0.25) is 0 Å². The van der Waals surface area contributed by atoms with Crippen LogP contribution in [0.1, 0.15) is 65.7 Å². The maximum Gasteiger partial charge on any atom is 0.223 e. The SMILES string of the molecule is CC1(C)CC2CC(C)(CN2C(=O)C[C@@H]2CCC[C@H]2N)C1.Cl. The molecule has 2 bridgehead atoms. The highest BCUT2D eigenvalue weighted by Gasteiger charge is 2.51. The number of amides is 1. The van der Waals surface area contributed by atoms with Crippen LogP contribution in [-0.4, -0.2) is 29.4 Å². The second kappa shape index (κ2) is 5.73. The molecule has 3 fully saturated rings. The van der Waals surface area contributed by atoms with Gasteiger partial charge in [0, 0.05) is 25.0 Å². The van der Waals surface area contributed by atoms with Gasteiger partial charge in [0.15, 0.2) is 0 Å². The number of nitrogens with two attached hydrogens (primary N) is 1. The first-order chi connectivity index (χ1) is 9.28. The van der Waals surface area contributed by atoms with Gasteiger partial charge in [-0.1, -0.05) is 27.2 Å². The summed E-state index contributed by atoms with van der Waals surface area (Å²) in [6.07, 6.45) is 7.77. The van der Waals surface area contributed by atoms with E-state index >= 15 is 0 Å². The Kier molecular flexibility index (Phi) is 4.66. The Hall–Kier alpha value is -0.280. The lowest BCUT2D eigenvalue weighted by Gasteiger charge is -2.39. The Morgan fingerprint density at radius 2 is 1.95 bits per heavy atom. The third-order valence-electron chi connectivity index (χ3n) is 5.89. The summed E-state index contributed by atoms with van der Waals surface area (Å²) in [6.45, 7) is 8.06. The maximum atomic E-state index is 12.7. The van der Waals surface area contributed by atoms with Crippen LogP contribution in [0.25, 0.3) is 0 Å². The molecule has 2 aliphatic carbocycles. The summed E-state index contributed by atoms with van der Waals surface area (Å²) in [5, 5.41) is 0. The lowest BCUT2D eigenvalue weighted by molar-refractivity contribution is -0.133. The highest BCUT2D eigenvalue weighted by molar-refractivity contribution is 5.85. The highest BCUT2D eigenvalue weighted by Crippen LogP contribution is 2.52. The van der Waals surface area contributed by atoms with Crippen LogP contribution in [0.3, 0.4) is 0 Å². The molecule has 122 valence electrons. The summed E-state index contributed by atoms with van der Waals surface area (Å²) < 4.78 is 0. The summed E-state index contributed by atoms with van der Waals surface area (Å²) in [5.41, 5.74) is 6.86. The molecule has 2 N–H and O–H groups in total. The van der Waals surface area contributed by atoms with Crippen molar-refractivity contribution in [1.29, 1.82) is 0 Å². The fourth-order valence-corrected chi connectivity index (χ4v) is 5.41. The smallest absolute Gasteiger partial charge is 0.223 e. The standard InChI is InChI=1S/C17H30N2O.ClH/c1-16(2)8-13-9-17(3,10-16)11-19(13)15(20)7-12-5-4-6-14(12)18;/h12-14H,4-11,18H2,1-3H3;1H/t12-,13?,14+,17?;/m0./s1. The van der Waals surface area contributed by atoms with Crippen molar-refractivity contribution in [3.05, 3.63) is 0 Å². The summed E-state index contributed by atoms with van der Waals surface area (Å²) in [7, 11) is 0. The van der Waals surface area contributed by atoms with Crippen molar-refractivity contribution >= 4 is 18.3 Å². The molecule has 1 heterocycles. The minimum Gasteiger partial charge on any atom is -0.339 e. The van der Waals surface area contributed by atoms with Crippen LogP contribution in [0.4, 0.5) is 0 Å². The molecule has 0 aromatic heterocycles. The van der Waals surface area contributed by atoms with E-state index in [-0.39, 0.29) is 18.4 Å². The first-order valence-corrected chi connectivity index (χ1v) is 8.33. The number of halogens is 1. The number of nitrogens with zero attached hydrogens (tertiary/aromatic N) is 1. The van der Waals surface area contributed by atoms with Gasteiger partial charge >= 0.3 is 0 Å². The topological polar surface area (TPSA) is 46.3 Å². The maximum absolute atomic E-state index is 12.7. The monoisotopic (exact) mass is 314 g/mol. The van der Waals surface area contributed by atoms with Crippen molar-refractivity contribution in [1.82, 2.24) is 4.90 Å². The van der Waals surface area contributed by atoms with Crippen LogP contribution >= 0.6 is 12.4 Å². The Morgan fingerprint density at radius 3 is 2.57 bits per heavy atom. The number of rotatable bonds is 2. The molecule has 0 radical (unpaired) electrons. The van der Waals surface area contributed by atoms with E-state index in [1.54, 1.807) is 0 Å². The largest absolute Gasteiger partial charge is 0.339 e. The van der Waals surface area contributed by atoms with E-state index in [1.807, 2.05) is 0 Å². The lowest BCUT2D eigenvalue weighted by Crippen LogP contribution is -2.39. The van der Waals surface area contributed by atoms with Gasteiger partial charge in [-0.25, -0.2) is 0 Å². The quantitative estimate of drug-likeness (QED) is 0.849. The van der Waals surface area contributed by atoms with Gasteiger partial charge in [0.25, 0.3) is 0 Å². The summed E-state index contributed by atoms with van der Waals surface area (Å²) >= 11 is 0. The zero-order valence-corrected chi connectivity index (χ0v) is 14.5. The molecule has 1 saturated heterocycles. The Morgan fingerprint density at radius 1 is 1.24 bits per heavy atom. The second-order valence-corrected chi connectivity index (χ2v) is 8.79. The molecule has 3 rings (SSSR count). The van der Waals surface area contributed by atoms with Crippen LogP contribution in [0.15, 0.2) is 0 Å². The number of hydrogen-bond acceptors (Lipinski definition) is 2. The van der Waals surface area contributed by atoms with Crippen LogP contribution < -0.4 is 5.73 Å². The summed E-state index contributed by atoms with van der Waals surface area (Å²) in [6, 6.07) is 0.738. The van der Waals surface area contributed by atoms with Gasteiger partial charge in [0.2, 0.25) is 5.91 Å². The van der Waals surface area contributed by atoms with Crippen molar-refractivity contribution in [2.24, 2.45) is 22.5 Å². The Balaban J connectivity index is 0.00000161. The third-order valence-corrected chi connectivity index (χ3v) is 5.89. The molecule has 0 aromatic rings. The number of hydrogen-bond donors (Lipinski definition) is 1. The van der Waals surface area contributed by atoms with E-state index in [1.165, 1.54) is 25.7 Å². The summed E-state index contributed by atoms with van der Waals surface area (Å²) in [4.78, 5) is 14.9. The normalized spacial score (nSPS) is 41.0.